The number of benzene rings is 1. The summed E-state index contributed by atoms with van der Waals surface area (Å²) in [6.07, 6.45) is 2.91. The molecule has 7 heteroatoms. The van der Waals surface area contributed by atoms with Gasteiger partial charge in [-0.2, -0.15) is 0 Å². The Bertz CT molecular complexity index is 629. The molecule has 128 valence electrons. The van der Waals surface area contributed by atoms with Crippen LogP contribution in [0.3, 0.4) is 0 Å². The lowest BCUT2D eigenvalue weighted by Crippen LogP contribution is -2.41. The van der Waals surface area contributed by atoms with E-state index >= 15 is 0 Å². The van der Waals surface area contributed by atoms with E-state index in [1.807, 2.05) is 0 Å². The zero-order valence-electron chi connectivity index (χ0n) is 13.4. The molecule has 2 saturated heterocycles. The number of nitrogens with one attached hydrogen (secondary N) is 1. The van der Waals surface area contributed by atoms with Crippen LogP contribution in [0.25, 0.3) is 0 Å². The van der Waals surface area contributed by atoms with Crippen LogP contribution >= 0.6 is 0 Å². The molecule has 1 unspecified atom stereocenters. The maximum atomic E-state index is 12.6. The van der Waals surface area contributed by atoms with Crippen LogP contribution in [-0.4, -0.2) is 58.8 Å². The molecule has 2 aliphatic heterocycles. The third-order valence-electron chi connectivity index (χ3n) is 4.61. The van der Waals surface area contributed by atoms with Gasteiger partial charge in [0.1, 0.15) is 10.6 Å². The van der Waals surface area contributed by atoms with E-state index in [-0.39, 0.29) is 10.9 Å². The minimum absolute atomic E-state index is 0.0484. The Labute approximate surface area is 137 Å². The number of sulfonamides is 1. The molecule has 2 aliphatic rings. The van der Waals surface area contributed by atoms with E-state index in [4.69, 9.17) is 9.47 Å². The van der Waals surface area contributed by atoms with Crippen molar-refractivity contribution < 1.29 is 17.9 Å². The summed E-state index contributed by atoms with van der Waals surface area (Å²) >= 11 is 0. The van der Waals surface area contributed by atoms with Crippen LogP contribution in [0.4, 0.5) is 0 Å². The summed E-state index contributed by atoms with van der Waals surface area (Å²) in [5.74, 6) is 0.374. The predicted molar refractivity (Wildman–Crippen MR) is 87.1 cm³/mol. The Morgan fingerprint density at radius 1 is 1.22 bits per heavy atom. The van der Waals surface area contributed by atoms with Gasteiger partial charge in [0.05, 0.1) is 7.11 Å². The third-order valence-corrected chi connectivity index (χ3v) is 6.17. The highest BCUT2D eigenvalue weighted by Crippen LogP contribution is 2.25. The van der Waals surface area contributed by atoms with Gasteiger partial charge in [0, 0.05) is 38.4 Å². The highest BCUT2D eigenvalue weighted by molar-refractivity contribution is 7.89. The van der Waals surface area contributed by atoms with Crippen LogP contribution in [0.5, 0.6) is 5.75 Å². The van der Waals surface area contributed by atoms with Gasteiger partial charge in [-0.05, 0) is 31.4 Å². The minimum Gasteiger partial charge on any atom is -0.495 e. The summed E-state index contributed by atoms with van der Waals surface area (Å²) < 4.78 is 38.6. The quantitative estimate of drug-likeness (QED) is 0.873. The van der Waals surface area contributed by atoms with Crippen LogP contribution in [-0.2, 0) is 14.8 Å². The summed E-state index contributed by atoms with van der Waals surface area (Å²) in [6, 6.07) is 7.18. The molecule has 0 amide bonds. The molecule has 1 aromatic rings. The van der Waals surface area contributed by atoms with Crippen LogP contribution in [0.15, 0.2) is 29.2 Å². The van der Waals surface area contributed by atoms with Crippen molar-refractivity contribution in [3.05, 3.63) is 24.3 Å². The smallest absolute Gasteiger partial charge is 0.244 e. The molecule has 0 aliphatic carbocycles. The summed E-state index contributed by atoms with van der Waals surface area (Å²) in [7, 11) is -2.08. The molecule has 1 aromatic carbocycles. The summed E-state index contributed by atoms with van der Waals surface area (Å²) in [5, 5.41) is 0. The van der Waals surface area contributed by atoms with Crippen LogP contribution in [0.2, 0.25) is 0 Å². The average Bonchev–Trinajstić information content (AvgIpc) is 3.03. The fourth-order valence-electron chi connectivity index (χ4n) is 3.39. The Hall–Kier alpha value is -1.15. The molecular weight excluding hydrogens is 316 g/mol. The van der Waals surface area contributed by atoms with E-state index in [1.54, 1.807) is 24.3 Å². The van der Waals surface area contributed by atoms with E-state index in [2.05, 4.69) is 9.62 Å². The fourth-order valence-corrected chi connectivity index (χ4v) is 4.82. The standard InChI is InChI=1S/C16H24N2O4S/c1-21-15-4-2-3-5-16(15)23(19,20)17-13-6-9-18(12-13)14-7-10-22-11-8-14/h2-5,13-14,17H,6-12H2,1H3. The summed E-state index contributed by atoms with van der Waals surface area (Å²) in [5.41, 5.74) is 0. The topological polar surface area (TPSA) is 67.9 Å². The molecule has 1 atom stereocenters. The van der Waals surface area contributed by atoms with Gasteiger partial charge < -0.3 is 9.47 Å². The van der Waals surface area contributed by atoms with Crippen molar-refractivity contribution in [1.82, 2.24) is 9.62 Å². The molecule has 2 fully saturated rings. The number of rotatable bonds is 5. The zero-order valence-corrected chi connectivity index (χ0v) is 14.2. The largest absolute Gasteiger partial charge is 0.495 e. The molecule has 0 bridgehead atoms. The van der Waals surface area contributed by atoms with Gasteiger partial charge in [-0.25, -0.2) is 13.1 Å². The fraction of sp³-hybridized carbons (Fsp3) is 0.625. The molecule has 0 saturated carbocycles. The monoisotopic (exact) mass is 340 g/mol. The highest BCUT2D eigenvalue weighted by Gasteiger charge is 2.32. The summed E-state index contributed by atoms with van der Waals surface area (Å²) in [4.78, 5) is 2.59. The maximum Gasteiger partial charge on any atom is 0.244 e. The van der Waals surface area contributed by atoms with Gasteiger partial charge in [-0.1, -0.05) is 12.1 Å². The summed E-state index contributed by atoms with van der Waals surface area (Å²) in [6.45, 7) is 3.31. The predicted octanol–water partition coefficient (Wildman–Crippen LogP) is 1.23. The second-order valence-corrected chi connectivity index (χ2v) is 7.78. The number of hydrogen-bond donors (Lipinski definition) is 1. The van der Waals surface area contributed by atoms with E-state index in [9.17, 15) is 8.42 Å². The molecule has 0 aromatic heterocycles. The Balaban J connectivity index is 1.65. The Morgan fingerprint density at radius 2 is 1.96 bits per heavy atom. The van der Waals surface area contributed by atoms with Gasteiger partial charge in [-0.3, -0.25) is 4.90 Å². The number of likely N-dealkylation sites (tertiary alicyclic amines) is 1. The first-order valence-corrected chi connectivity index (χ1v) is 9.55. The maximum absolute atomic E-state index is 12.6. The lowest BCUT2D eigenvalue weighted by atomic mass is 10.1. The first-order valence-electron chi connectivity index (χ1n) is 8.07. The lowest BCUT2D eigenvalue weighted by Gasteiger charge is -2.31. The number of hydrogen-bond acceptors (Lipinski definition) is 5. The highest BCUT2D eigenvalue weighted by atomic mass is 32.2. The van der Waals surface area contributed by atoms with E-state index in [0.717, 1.165) is 45.6 Å². The number of nitrogens with zero attached hydrogens (tertiary/aromatic N) is 1. The minimum atomic E-state index is -3.57. The van der Waals surface area contributed by atoms with Gasteiger partial charge in [0.15, 0.2) is 0 Å². The van der Waals surface area contributed by atoms with Crippen molar-refractivity contribution in [1.29, 1.82) is 0 Å². The van der Waals surface area contributed by atoms with Crippen molar-refractivity contribution in [3.8, 4) is 5.75 Å². The molecule has 0 spiro atoms. The van der Waals surface area contributed by atoms with E-state index in [1.165, 1.54) is 7.11 Å². The normalized spacial score (nSPS) is 24.0. The van der Waals surface area contributed by atoms with Crippen LogP contribution in [0.1, 0.15) is 19.3 Å². The van der Waals surface area contributed by atoms with Crippen molar-refractivity contribution in [2.24, 2.45) is 0 Å². The van der Waals surface area contributed by atoms with Gasteiger partial charge in [0.2, 0.25) is 10.0 Å². The molecule has 6 nitrogen and oxygen atoms in total. The van der Waals surface area contributed by atoms with Crippen LogP contribution in [0, 0.1) is 0 Å². The lowest BCUT2D eigenvalue weighted by molar-refractivity contribution is 0.0418. The number of ether oxygens (including phenoxy) is 2. The van der Waals surface area contributed by atoms with Crippen molar-refractivity contribution in [3.63, 3.8) is 0 Å². The van der Waals surface area contributed by atoms with Gasteiger partial charge in [0.25, 0.3) is 0 Å². The third kappa shape index (κ3) is 3.85. The Kier molecular flexibility index (Phi) is 5.21. The second kappa shape index (κ2) is 7.17. The van der Waals surface area contributed by atoms with Crippen molar-refractivity contribution in [2.75, 3.05) is 33.4 Å². The molecular formula is C16H24N2O4S. The van der Waals surface area contributed by atoms with Crippen molar-refractivity contribution in [2.45, 2.75) is 36.2 Å². The van der Waals surface area contributed by atoms with Gasteiger partial charge >= 0.3 is 0 Å². The average molecular weight is 340 g/mol. The van der Waals surface area contributed by atoms with E-state index < -0.39 is 10.0 Å². The molecule has 3 rings (SSSR count). The molecule has 1 N–H and O–H groups in total. The second-order valence-electron chi connectivity index (χ2n) is 6.10. The first-order chi connectivity index (χ1) is 11.1. The molecule has 23 heavy (non-hydrogen) atoms. The SMILES string of the molecule is COc1ccccc1S(=O)(=O)NC1CCN(C2CCOCC2)C1. The number of para-hydroxylation sites is 1. The Morgan fingerprint density at radius 3 is 2.70 bits per heavy atom. The number of methoxy groups -OCH3 is 1. The van der Waals surface area contributed by atoms with Gasteiger partial charge in [-0.15, -0.1) is 0 Å². The first kappa shape index (κ1) is 16.7. The van der Waals surface area contributed by atoms with E-state index in [0.29, 0.717) is 11.8 Å². The van der Waals surface area contributed by atoms with Crippen LogP contribution < -0.4 is 9.46 Å². The zero-order chi connectivity index (χ0) is 16.3. The molecule has 2 heterocycles. The molecule has 0 radical (unpaired) electrons. The van der Waals surface area contributed by atoms with Crippen molar-refractivity contribution >= 4 is 10.0 Å².